The number of rotatable bonds is 4. The van der Waals surface area contributed by atoms with Gasteiger partial charge in [-0.2, -0.15) is 0 Å². The van der Waals surface area contributed by atoms with Crippen LogP contribution in [0.2, 0.25) is 0 Å². The van der Waals surface area contributed by atoms with Gasteiger partial charge in [0, 0.05) is 29.8 Å². The van der Waals surface area contributed by atoms with Crippen LogP contribution in [0.4, 0.5) is 10.5 Å². The molecular formula is C19H25N3O3. The van der Waals surface area contributed by atoms with Crippen LogP contribution >= 0.6 is 0 Å². The van der Waals surface area contributed by atoms with Crippen molar-refractivity contribution in [2.75, 3.05) is 11.9 Å². The lowest BCUT2D eigenvalue weighted by atomic mass is 9.85. The van der Waals surface area contributed by atoms with Crippen LogP contribution < -0.4 is 10.6 Å². The maximum absolute atomic E-state index is 12.3. The SMILES string of the molecule is Cc1coc(-c2cc(NC(=O)NC3CCCCC3CO)ccc2C)n1. The van der Waals surface area contributed by atoms with Gasteiger partial charge in [0.2, 0.25) is 5.89 Å². The number of hydrogen-bond donors (Lipinski definition) is 3. The first-order valence-corrected chi connectivity index (χ1v) is 8.78. The Balaban J connectivity index is 1.69. The lowest BCUT2D eigenvalue weighted by Crippen LogP contribution is -2.45. The van der Waals surface area contributed by atoms with Crippen LogP contribution in [0.5, 0.6) is 0 Å². The summed E-state index contributed by atoms with van der Waals surface area (Å²) in [6.45, 7) is 3.97. The van der Waals surface area contributed by atoms with E-state index in [9.17, 15) is 9.90 Å². The van der Waals surface area contributed by atoms with Gasteiger partial charge in [-0.3, -0.25) is 0 Å². The molecule has 0 bridgehead atoms. The second kappa shape index (κ2) is 7.70. The predicted octanol–water partition coefficient (Wildman–Crippen LogP) is 3.63. The number of urea groups is 1. The second-order valence-electron chi connectivity index (χ2n) is 6.76. The monoisotopic (exact) mass is 343 g/mol. The number of aliphatic hydroxyl groups excluding tert-OH is 1. The molecule has 1 saturated carbocycles. The number of nitrogens with zero attached hydrogens (tertiary/aromatic N) is 1. The molecule has 0 saturated heterocycles. The molecule has 2 amide bonds. The Morgan fingerprint density at radius 3 is 2.84 bits per heavy atom. The van der Waals surface area contributed by atoms with Crippen LogP contribution in [0.3, 0.4) is 0 Å². The average molecular weight is 343 g/mol. The number of aliphatic hydroxyl groups is 1. The zero-order chi connectivity index (χ0) is 17.8. The molecule has 1 aromatic carbocycles. The Morgan fingerprint density at radius 2 is 2.12 bits per heavy atom. The van der Waals surface area contributed by atoms with Crippen molar-refractivity contribution in [1.82, 2.24) is 10.3 Å². The first-order chi connectivity index (χ1) is 12.1. The standard InChI is InChI=1S/C19H25N3O3/c1-12-7-8-15(9-16(12)18-20-13(2)11-25-18)21-19(24)22-17-6-4-3-5-14(17)10-23/h7-9,11,14,17,23H,3-6,10H2,1-2H3,(H2,21,22,24). The molecule has 3 N–H and O–H groups in total. The van der Waals surface area contributed by atoms with Crippen LogP contribution in [0.25, 0.3) is 11.5 Å². The molecule has 1 fully saturated rings. The Hall–Kier alpha value is -2.34. The van der Waals surface area contributed by atoms with Crippen molar-refractivity contribution in [2.24, 2.45) is 5.92 Å². The number of carbonyl (C=O) groups is 1. The van der Waals surface area contributed by atoms with E-state index in [2.05, 4.69) is 15.6 Å². The number of amides is 2. The molecule has 134 valence electrons. The molecule has 3 rings (SSSR count). The average Bonchev–Trinajstić information content (AvgIpc) is 3.03. The molecular weight excluding hydrogens is 318 g/mol. The van der Waals surface area contributed by atoms with E-state index >= 15 is 0 Å². The largest absolute Gasteiger partial charge is 0.444 e. The van der Waals surface area contributed by atoms with Crippen LogP contribution in [-0.2, 0) is 0 Å². The van der Waals surface area contributed by atoms with E-state index in [1.54, 1.807) is 6.26 Å². The minimum atomic E-state index is -0.247. The van der Waals surface area contributed by atoms with Gasteiger partial charge in [-0.15, -0.1) is 0 Å². The summed E-state index contributed by atoms with van der Waals surface area (Å²) < 4.78 is 5.47. The normalized spacial score (nSPS) is 20.3. The lowest BCUT2D eigenvalue weighted by Gasteiger charge is -2.30. The van der Waals surface area contributed by atoms with Crippen LogP contribution in [0.15, 0.2) is 28.9 Å². The van der Waals surface area contributed by atoms with E-state index in [1.807, 2.05) is 32.0 Å². The van der Waals surface area contributed by atoms with Gasteiger partial charge in [0.15, 0.2) is 0 Å². The molecule has 0 spiro atoms. The molecule has 1 heterocycles. The summed E-state index contributed by atoms with van der Waals surface area (Å²) in [4.78, 5) is 16.7. The van der Waals surface area contributed by atoms with Crippen molar-refractivity contribution in [3.63, 3.8) is 0 Å². The highest BCUT2D eigenvalue weighted by atomic mass is 16.3. The third-order valence-electron chi connectivity index (χ3n) is 4.80. The number of anilines is 1. The molecule has 25 heavy (non-hydrogen) atoms. The summed E-state index contributed by atoms with van der Waals surface area (Å²) in [6, 6.07) is 5.44. The summed E-state index contributed by atoms with van der Waals surface area (Å²) >= 11 is 0. The third kappa shape index (κ3) is 4.20. The van der Waals surface area contributed by atoms with Crippen LogP contribution in [-0.4, -0.2) is 28.8 Å². The Kier molecular flexibility index (Phi) is 5.38. The number of hydrogen-bond acceptors (Lipinski definition) is 4. The number of aryl methyl sites for hydroxylation is 2. The number of oxazole rings is 1. The maximum atomic E-state index is 12.3. The van der Waals surface area contributed by atoms with E-state index < -0.39 is 0 Å². The van der Waals surface area contributed by atoms with E-state index in [0.29, 0.717) is 11.6 Å². The molecule has 1 aliphatic rings. The lowest BCUT2D eigenvalue weighted by molar-refractivity contribution is 0.156. The van der Waals surface area contributed by atoms with Gasteiger partial charge in [-0.25, -0.2) is 9.78 Å². The number of aromatic nitrogens is 1. The van der Waals surface area contributed by atoms with Gasteiger partial charge in [-0.1, -0.05) is 18.9 Å². The second-order valence-corrected chi connectivity index (χ2v) is 6.76. The number of nitrogens with one attached hydrogen (secondary N) is 2. The minimum absolute atomic E-state index is 0.0260. The fourth-order valence-corrected chi connectivity index (χ4v) is 3.36. The summed E-state index contributed by atoms with van der Waals surface area (Å²) in [7, 11) is 0. The van der Waals surface area contributed by atoms with Crippen LogP contribution in [0, 0.1) is 19.8 Å². The summed E-state index contributed by atoms with van der Waals surface area (Å²) in [5.41, 5.74) is 3.39. The zero-order valence-corrected chi connectivity index (χ0v) is 14.7. The molecule has 0 aliphatic heterocycles. The van der Waals surface area contributed by atoms with Crippen molar-refractivity contribution in [3.8, 4) is 11.5 Å². The van der Waals surface area contributed by atoms with Gasteiger partial charge in [0.1, 0.15) is 6.26 Å². The van der Waals surface area contributed by atoms with Crippen molar-refractivity contribution in [1.29, 1.82) is 0 Å². The van der Waals surface area contributed by atoms with Gasteiger partial charge >= 0.3 is 6.03 Å². The highest BCUT2D eigenvalue weighted by Gasteiger charge is 2.25. The molecule has 0 radical (unpaired) electrons. The quantitative estimate of drug-likeness (QED) is 0.791. The molecule has 2 unspecified atom stereocenters. The van der Waals surface area contributed by atoms with Crippen molar-refractivity contribution < 1.29 is 14.3 Å². The molecule has 1 aromatic heterocycles. The molecule has 2 aromatic rings. The van der Waals surface area contributed by atoms with Crippen LogP contribution in [0.1, 0.15) is 36.9 Å². The maximum Gasteiger partial charge on any atom is 0.319 e. The molecule has 1 aliphatic carbocycles. The summed E-state index contributed by atoms with van der Waals surface area (Å²) in [5, 5.41) is 15.3. The molecule has 6 nitrogen and oxygen atoms in total. The first-order valence-electron chi connectivity index (χ1n) is 8.78. The zero-order valence-electron chi connectivity index (χ0n) is 14.7. The minimum Gasteiger partial charge on any atom is -0.444 e. The Morgan fingerprint density at radius 1 is 1.32 bits per heavy atom. The van der Waals surface area contributed by atoms with Gasteiger partial charge in [0.25, 0.3) is 0 Å². The number of carbonyl (C=O) groups excluding carboxylic acids is 1. The van der Waals surface area contributed by atoms with Gasteiger partial charge in [0.05, 0.1) is 5.69 Å². The molecule has 2 atom stereocenters. The van der Waals surface area contributed by atoms with E-state index in [4.69, 9.17) is 4.42 Å². The highest BCUT2D eigenvalue weighted by molar-refractivity contribution is 5.90. The Labute approximate surface area is 147 Å². The van der Waals surface area contributed by atoms with E-state index in [0.717, 1.165) is 42.5 Å². The van der Waals surface area contributed by atoms with Crippen molar-refractivity contribution in [2.45, 2.75) is 45.6 Å². The first kappa shape index (κ1) is 17.5. The number of benzene rings is 1. The summed E-state index contributed by atoms with van der Waals surface area (Å²) in [6.07, 6.45) is 5.67. The van der Waals surface area contributed by atoms with Crippen molar-refractivity contribution >= 4 is 11.7 Å². The summed E-state index contributed by atoms with van der Waals surface area (Å²) in [5.74, 6) is 0.690. The fraction of sp³-hybridized carbons (Fsp3) is 0.474. The molecule has 6 heteroatoms. The fourth-order valence-electron chi connectivity index (χ4n) is 3.36. The van der Waals surface area contributed by atoms with Gasteiger partial charge in [-0.05, 0) is 44.4 Å². The Bertz CT molecular complexity index is 741. The predicted molar refractivity (Wildman–Crippen MR) is 96.4 cm³/mol. The highest BCUT2D eigenvalue weighted by Crippen LogP contribution is 2.27. The van der Waals surface area contributed by atoms with Crippen molar-refractivity contribution in [3.05, 3.63) is 35.7 Å². The van der Waals surface area contributed by atoms with E-state index in [1.165, 1.54) is 0 Å². The van der Waals surface area contributed by atoms with E-state index in [-0.39, 0.29) is 24.6 Å². The third-order valence-corrected chi connectivity index (χ3v) is 4.80. The van der Waals surface area contributed by atoms with Gasteiger partial charge < -0.3 is 20.2 Å². The smallest absolute Gasteiger partial charge is 0.319 e. The topological polar surface area (TPSA) is 87.4 Å².